The van der Waals surface area contributed by atoms with Crippen molar-refractivity contribution < 1.29 is 8.42 Å². The summed E-state index contributed by atoms with van der Waals surface area (Å²) >= 11 is 6.06. The number of benzene rings is 1. The predicted molar refractivity (Wildman–Crippen MR) is 78.5 cm³/mol. The van der Waals surface area contributed by atoms with E-state index in [0.29, 0.717) is 17.1 Å². The smallest absolute Gasteiger partial charge is 0.232 e. The summed E-state index contributed by atoms with van der Waals surface area (Å²) in [5, 5.41) is 0.498. The number of nitrogens with one attached hydrogen (secondary N) is 1. The highest BCUT2D eigenvalue weighted by Crippen LogP contribution is 2.26. The van der Waals surface area contributed by atoms with Crippen LogP contribution in [0.1, 0.15) is 32.3 Å². The van der Waals surface area contributed by atoms with Crippen LogP contribution in [-0.2, 0) is 10.0 Å². The molecule has 100 valence electrons. The van der Waals surface area contributed by atoms with Crippen LogP contribution in [0.3, 0.4) is 0 Å². The normalized spacial score (nSPS) is 11.3. The van der Waals surface area contributed by atoms with Crippen LogP contribution in [0.4, 0.5) is 5.69 Å². The second-order valence-electron chi connectivity index (χ2n) is 4.25. The van der Waals surface area contributed by atoms with Gasteiger partial charge in [0.05, 0.1) is 10.8 Å². The van der Waals surface area contributed by atoms with E-state index >= 15 is 0 Å². The van der Waals surface area contributed by atoms with Gasteiger partial charge in [-0.2, -0.15) is 0 Å². The zero-order valence-electron chi connectivity index (χ0n) is 10.7. The first kappa shape index (κ1) is 15.1. The lowest BCUT2D eigenvalue weighted by Gasteiger charge is -2.10. The van der Waals surface area contributed by atoms with Crippen LogP contribution in [-0.4, -0.2) is 14.2 Å². The topological polar surface area (TPSA) is 46.2 Å². The van der Waals surface area contributed by atoms with Gasteiger partial charge in [-0.1, -0.05) is 37.6 Å². The van der Waals surface area contributed by atoms with Gasteiger partial charge in [-0.05, 0) is 36.6 Å². The highest BCUT2D eigenvalue weighted by molar-refractivity contribution is 7.92. The molecule has 0 aromatic heterocycles. The highest BCUT2D eigenvalue weighted by Gasteiger charge is 2.10. The number of unbranched alkanes of at least 4 members (excludes halogenated alkanes) is 1. The van der Waals surface area contributed by atoms with Gasteiger partial charge in [0, 0.05) is 5.69 Å². The Labute approximate surface area is 114 Å². The third kappa shape index (κ3) is 4.35. The molecule has 1 aromatic carbocycles. The minimum atomic E-state index is -3.28. The number of hydrogen-bond donors (Lipinski definition) is 1. The summed E-state index contributed by atoms with van der Waals surface area (Å²) in [6.07, 6.45) is 1.49. The van der Waals surface area contributed by atoms with Crippen LogP contribution in [0, 0.1) is 0 Å². The summed E-state index contributed by atoms with van der Waals surface area (Å²) in [6, 6.07) is 5.07. The molecule has 0 atom stereocenters. The van der Waals surface area contributed by atoms with Gasteiger partial charge in [-0.3, -0.25) is 4.72 Å². The van der Waals surface area contributed by atoms with Gasteiger partial charge in [0.15, 0.2) is 0 Å². The molecule has 0 bridgehead atoms. The molecule has 1 aromatic rings. The van der Waals surface area contributed by atoms with Gasteiger partial charge >= 0.3 is 0 Å². The summed E-state index contributed by atoms with van der Waals surface area (Å²) in [4.78, 5) is 0. The van der Waals surface area contributed by atoms with Crippen molar-refractivity contribution in [3.63, 3.8) is 0 Å². The molecule has 0 spiro atoms. The molecule has 0 aliphatic heterocycles. The van der Waals surface area contributed by atoms with E-state index in [1.807, 2.05) is 13.8 Å². The average molecular weight is 288 g/mol. The van der Waals surface area contributed by atoms with Crippen LogP contribution >= 0.6 is 11.6 Å². The van der Waals surface area contributed by atoms with Crippen molar-refractivity contribution in [3.05, 3.63) is 35.4 Å². The molecule has 1 N–H and O–H groups in total. The lowest BCUT2D eigenvalue weighted by Crippen LogP contribution is -2.16. The van der Waals surface area contributed by atoms with Crippen LogP contribution in [0.25, 0.3) is 5.57 Å². The molecule has 0 saturated heterocycles. The molecule has 1 rings (SSSR count). The third-order valence-electron chi connectivity index (χ3n) is 2.47. The Bertz CT molecular complexity index is 538. The monoisotopic (exact) mass is 287 g/mol. The third-order valence-corrected chi connectivity index (χ3v) is 4.15. The largest absolute Gasteiger partial charge is 0.284 e. The van der Waals surface area contributed by atoms with E-state index in [1.54, 1.807) is 18.2 Å². The second-order valence-corrected chi connectivity index (χ2v) is 6.50. The number of sulfonamides is 1. The van der Waals surface area contributed by atoms with Crippen molar-refractivity contribution in [2.24, 2.45) is 0 Å². The molecule has 18 heavy (non-hydrogen) atoms. The number of hydrogen-bond acceptors (Lipinski definition) is 2. The van der Waals surface area contributed by atoms with Crippen LogP contribution in [0.5, 0.6) is 0 Å². The van der Waals surface area contributed by atoms with Gasteiger partial charge < -0.3 is 0 Å². The van der Waals surface area contributed by atoms with Crippen molar-refractivity contribution in [1.29, 1.82) is 0 Å². The number of rotatable bonds is 6. The SMILES string of the molecule is C=C(C)c1ccc(NS(=O)(=O)CCCC)cc1Cl. The Morgan fingerprint density at radius 1 is 1.44 bits per heavy atom. The molecule has 0 aliphatic rings. The molecule has 0 radical (unpaired) electrons. The van der Waals surface area contributed by atoms with E-state index in [-0.39, 0.29) is 5.75 Å². The first-order valence-electron chi connectivity index (χ1n) is 5.81. The van der Waals surface area contributed by atoms with E-state index in [4.69, 9.17) is 11.6 Å². The van der Waals surface area contributed by atoms with Crippen molar-refractivity contribution in [2.75, 3.05) is 10.5 Å². The van der Waals surface area contributed by atoms with E-state index in [0.717, 1.165) is 17.6 Å². The lowest BCUT2D eigenvalue weighted by atomic mass is 10.1. The molecular weight excluding hydrogens is 270 g/mol. The standard InChI is InChI=1S/C13H18ClNO2S/c1-4-5-8-18(16,17)15-11-6-7-12(10(2)3)13(14)9-11/h6-7,9,15H,2,4-5,8H2,1,3H3. The Kier molecular flexibility index (Phi) is 5.23. The molecule has 3 nitrogen and oxygen atoms in total. The Morgan fingerprint density at radius 2 is 2.11 bits per heavy atom. The Hall–Kier alpha value is -1.00. The van der Waals surface area contributed by atoms with Gasteiger partial charge in [-0.25, -0.2) is 8.42 Å². The summed E-state index contributed by atoms with van der Waals surface area (Å²) in [6.45, 7) is 7.61. The second kappa shape index (κ2) is 6.25. The average Bonchev–Trinajstić information content (AvgIpc) is 2.25. The minimum Gasteiger partial charge on any atom is -0.284 e. The number of anilines is 1. The van der Waals surface area contributed by atoms with Gasteiger partial charge in [0.1, 0.15) is 0 Å². The maximum absolute atomic E-state index is 11.7. The van der Waals surface area contributed by atoms with Gasteiger partial charge in [0.25, 0.3) is 0 Å². The molecule has 0 unspecified atom stereocenters. The molecule has 0 fully saturated rings. The molecule has 0 amide bonds. The lowest BCUT2D eigenvalue weighted by molar-refractivity contribution is 0.598. The van der Waals surface area contributed by atoms with E-state index < -0.39 is 10.0 Å². The zero-order valence-corrected chi connectivity index (χ0v) is 12.2. The fraction of sp³-hybridized carbons (Fsp3) is 0.385. The van der Waals surface area contributed by atoms with Gasteiger partial charge in [0.2, 0.25) is 10.0 Å². The molecule has 0 aliphatic carbocycles. The zero-order chi connectivity index (χ0) is 13.8. The van der Waals surface area contributed by atoms with Crippen molar-refractivity contribution >= 4 is 32.9 Å². The van der Waals surface area contributed by atoms with Crippen LogP contribution < -0.4 is 4.72 Å². The maximum atomic E-state index is 11.7. The fourth-order valence-electron chi connectivity index (χ4n) is 1.49. The number of halogens is 1. The predicted octanol–water partition coefficient (Wildman–Crippen LogP) is 3.91. The van der Waals surface area contributed by atoms with E-state index in [9.17, 15) is 8.42 Å². The van der Waals surface area contributed by atoms with E-state index in [2.05, 4.69) is 11.3 Å². The first-order chi connectivity index (χ1) is 8.35. The van der Waals surface area contributed by atoms with E-state index in [1.165, 1.54) is 0 Å². The highest BCUT2D eigenvalue weighted by atomic mass is 35.5. The van der Waals surface area contributed by atoms with Crippen LogP contribution in [0.15, 0.2) is 24.8 Å². The minimum absolute atomic E-state index is 0.128. The summed E-state index contributed by atoms with van der Waals surface area (Å²) in [5.74, 6) is 0.128. The summed E-state index contributed by atoms with van der Waals surface area (Å²) < 4.78 is 26.0. The Balaban J connectivity index is 2.87. The van der Waals surface area contributed by atoms with Crippen LogP contribution in [0.2, 0.25) is 5.02 Å². The first-order valence-corrected chi connectivity index (χ1v) is 7.84. The molecule has 5 heteroatoms. The molecule has 0 heterocycles. The Morgan fingerprint density at radius 3 is 2.61 bits per heavy atom. The quantitative estimate of drug-likeness (QED) is 0.862. The van der Waals surface area contributed by atoms with Crippen molar-refractivity contribution in [3.8, 4) is 0 Å². The summed E-state index contributed by atoms with van der Waals surface area (Å²) in [7, 11) is -3.28. The molecule has 0 saturated carbocycles. The van der Waals surface area contributed by atoms with Gasteiger partial charge in [-0.15, -0.1) is 0 Å². The van der Waals surface area contributed by atoms with Crippen molar-refractivity contribution in [2.45, 2.75) is 26.7 Å². The summed E-state index contributed by atoms with van der Waals surface area (Å²) in [5.41, 5.74) is 2.16. The van der Waals surface area contributed by atoms with Crippen molar-refractivity contribution in [1.82, 2.24) is 0 Å². The fourth-order valence-corrected chi connectivity index (χ4v) is 3.09. The number of allylic oxidation sites excluding steroid dienone is 1. The maximum Gasteiger partial charge on any atom is 0.232 e. The molecular formula is C13H18ClNO2S.